The van der Waals surface area contributed by atoms with E-state index >= 15 is 0 Å². The zero-order valence-corrected chi connectivity index (χ0v) is 15.3. The molecular formula is C20H24O6. The Hall–Kier alpha value is -1.92. The average molecular weight is 360 g/mol. The van der Waals surface area contributed by atoms with Crippen molar-refractivity contribution in [2.75, 3.05) is 6.61 Å². The van der Waals surface area contributed by atoms with E-state index in [2.05, 4.69) is 0 Å². The minimum atomic E-state index is -0.642. The summed E-state index contributed by atoms with van der Waals surface area (Å²) in [5.74, 6) is -1.85. The summed E-state index contributed by atoms with van der Waals surface area (Å²) >= 11 is 0. The second-order valence-electron chi connectivity index (χ2n) is 8.07. The fourth-order valence-electron chi connectivity index (χ4n) is 4.52. The summed E-state index contributed by atoms with van der Waals surface area (Å²) in [6, 6.07) is 8.76. The van der Waals surface area contributed by atoms with Gasteiger partial charge in [-0.05, 0) is 39.3 Å². The maximum atomic E-state index is 12.3. The van der Waals surface area contributed by atoms with Crippen LogP contribution in [0, 0.1) is 11.8 Å². The normalized spacial score (nSPS) is 37.6. The molecular weight excluding hydrogens is 336 g/mol. The van der Waals surface area contributed by atoms with Gasteiger partial charge in [-0.3, -0.25) is 4.79 Å². The molecule has 0 radical (unpaired) electrons. The average Bonchev–Trinajstić information content (AvgIpc) is 3.00. The number of benzene rings is 1. The third kappa shape index (κ3) is 3.01. The molecule has 5 atom stereocenters. The number of rotatable bonds is 3. The first-order valence-corrected chi connectivity index (χ1v) is 9.08. The molecule has 3 aliphatic rings. The fraction of sp³-hybridized carbons (Fsp3) is 0.600. The van der Waals surface area contributed by atoms with Gasteiger partial charge in [0.15, 0.2) is 5.79 Å². The lowest BCUT2D eigenvalue weighted by molar-refractivity contribution is -0.165. The molecule has 140 valence electrons. The highest BCUT2D eigenvalue weighted by atomic mass is 16.8. The maximum absolute atomic E-state index is 12.3. The van der Waals surface area contributed by atoms with Gasteiger partial charge in [0, 0.05) is 12.3 Å². The zero-order valence-electron chi connectivity index (χ0n) is 15.3. The van der Waals surface area contributed by atoms with Crippen LogP contribution in [0.2, 0.25) is 0 Å². The van der Waals surface area contributed by atoms with Crippen molar-refractivity contribution in [1.82, 2.24) is 0 Å². The summed E-state index contributed by atoms with van der Waals surface area (Å²) in [5, 5.41) is 0. The Kier molecular flexibility index (Phi) is 4.08. The highest BCUT2D eigenvalue weighted by molar-refractivity contribution is 5.89. The summed E-state index contributed by atoms with van der Waals surface area (Å²) in [6.45, 7) is 5.84. The summed E-state index contributed by atoms with van der Waals surface area (Å²) in [6.07, 6.45) is 0.937. The van der Waals surface area contributed by atoms with Gasteiger partial charge in [-0.1, -0.05) is 18.2 Å². The van der Waals surface area contributed by atoms with E-state index in [0.29, 0.717) is 18.4 Å². The van der Waals surface area contributed by atoms with Crippen LogP contribution < -0.4 is 0 Å². The van der Waals surface area contributed by atoms with E-state index in [1.54, 1.807) is 24.3 Å². The molecule has 1 saturated carbocycles. The largest absolute Gasteiger partial charge is 0.462 e. The molecule has 3 fully saturated rings. The summed E-state index contributed by atoms with van der Waals surface area (Å²) < 4.78 is 23.1. The molecule has 2 heterocycles. The first-order valence-electron chi connectivity index (χ1n) is 9.08. The van der Waals surface area contributed by atoms with E-state index in [1.165, 1.54) is 0 Å². The fourth-order valence-corrected chi connectivity index (χ4v) is 4.52. The van der Waals surface area contributed by atoms with Crippen LogP contribution in [-0.2, 0) is 23.7 Å². The Morgan fingerprint density at radius 2 is 1.96 bits per heavy atom. The van der Waals surface area contributed by atoms with Crippen LogP contribution in [-0.4, -0.2) is 42.1 Å². The topological polar surface area (TPSA) is 71.1 Å². The van der Waals surface area contributed by atoms with E-state index in [9.17, 15) is 9.59 Å². The predicted octanol–water partition coefficient (Wildman–Crippen LogP) is 2.71. The van der Waals surface area contributed by atoms with Crippen LogP contribution in [0.25, 0.3) is 0 Å². The SMILES string of the molecule is CC1(C)O[C@@H]2C[C@H]3[C@@H](C[C@]2(C)O1)OC(=O)[C@@H]3COC(=O)c1ccccc1. The van der Waals surface area contributed by atoms with Crippen molar-refractivity contribution in [3.63, 3.8) is 0 Å². The van der Waals surface area contributed by atoms with E-state index in [0.717, 1.165) is 0 Å². The summed E-state index contributed by atoms with van der Waals surface area (Å²) in [7, 11) is 0. The van der Waals surface area contributed by atoms with Crippen molar-refractivity contribution in [3.8, 4) is 0 Å². The zero-order chi connectivity index (χ0) is 18.5. The van der Waals surface area contributed by atoms with Crippen molar-refractivity contribution in [3.05, 3.63) is 35.9 Å². The van der Waals surface area contributed by atoms with E-state index in [1.807, 2.05) is 26.8 Å². The molecule has 2 aliphatic heterocycles. The number of carbonyl (C=O) groups excluding carboxylic acids is 2. The lowest BCUT2D eigenvalue weighted by atomic mass is 9.72. The summed E-state index contributed by atoms with van der Waals surface area (Å²) in [5.41, 5.74) is 0.0153. The highest BCUT2D eigenvalue weighted by Gasteiger charge is 2.60. The summed E-state index contributed by atoms with van der Waals surface area (Å²) in [4.78, 5) is 24.5. The Labute approximate surface area is 152 Å². The van der Waals surface area contributed by atoms with Crippen molar-refractivity contribution < 1.29 is 28.5 Å². The third-order valence-corrected chi connectivity index (χ3v) is 5.65. The molecule has 0 spiro atoms. The molecule has 2 saturated heterocycles. The second-order valence-corrected chi connectivity index (χ2v) is 8.07. The van der Waals surface area contributed by atoms with Crippen molar-refractivity contribution in [2.45, 2.75) is 57.2 Å². The van der Waals surface area contributed by atoms with E-state index in [-0.39, 0.29) is 30.7 Å². The highest BCUT2D eigenvalue weighted by Crippen LogP contribution is 2.51. The molecule has 26 heavy (non-hydrogen) atoms. The predicted molar refractivity (Wildman–Crippen MR) is 91.3 cm³/mol. The number of carbonyl (C=O) groups is 2. The van der Waals surface area contributed by atoms with Gasteiger partial charge < -0.3 is 18.9 Å². The first-order chi connectivity index (χ1) is 12.3. The van der Waals surface area contributed by atoms with Crippen LogP contribution in [0.15, 0.2) is 30.3 Å². The Balaban J connectivity index is 1.44. The monoisotopic (exact) mass is 360 g/mol. The van der Waals surface area contributed by atoms with Gasteiger partial charge in [-0.2, -0.15) is 0 Å². The lowest BCUT2D eigenvalue weighted by Gasteiger charge is -2.39. The molecule has 0 amide bonds. The number of hydrogen-bond acceptors (Lipinski definition) is 6. The Morgan fingerprint density at radius 3 is 2.69 bits per heavy atom. The van der Waals surface area contributed by atoms with E-state index in [4.69, 9.17) is 18.9 Å². The number of esters is 2. The standard InChI is InChI=1S/C20H24O6/c1-19(2)25-16-9-13-14(11-23-17(21)12-7-5-4-6-8-12)18(22)24-15(13)10-20(16,3)26-19/h4-8,13-16H,9-11H2,1-3H3/t13-,14-,15-,16-,20+/m1/s1. The molecule has 1 aromatic carbocycles. The molecule has 0 bridgehead atoms. The van der Waals surface area contributed by atoms with Crippen LogP contribution >= 0.6 is 0 Å². The maximum Gasteiger partial charge on any atom is 0.338 e. The van der Waals surface area contributed by atoms with Crippen LogP contribution in [0.3, 0.4) is 0 Å². The molecule has 4 rings (SSSR count). The van der Waals surface area contributed by atoms with Crippen molar-refractivity contribution in [1.29, 1.82) is 0 Å². The molecule has 6 nitrogen and oxygen atoms in total. The van der Waals surface area contributed by atoms with Gasteiger partial charge in [-0.25, -0.2) is 4.79 Å². The molecule has 0 N–H and O–H groups in total. The van der Waals surface area contributed by atoms with Crippen molar-refractivity contribution in [2.24, 2.45) is 11.8 Å². The Bertz CT molecular complexity index is 714. The van der Waals surface area contributed by atoms with Crippen LogP contribution in [0.1, 0.15) is 44.0 Å². The van der Waals surface area contributed by atoms with Gasteiger partial charge in [-0.15, -0.1) is 0 Å². The number of ether oxygens (including phenoxy) is 4. The smallest absolute Gasteiger partial charge is 0.338 e. The van der Waals surface area contributed by atoms with Gasteiger partial charge in [0.2, 0.25) is 0 Å². The minimum absolute atomic E-state index is 0.0263. The molecule has 1 aromatic rings. The van der Waals surface area contributed by atoms with Gasteiger partial charge in [0.25, 0.3) is 0 Å². The molecule has 0 unspecified atom stereocenters. The number of fused-ring (bicyclic) bond motifs is 2. The quantitative estimate of drug-likeness (QED) is 0.772. The molecule has 6 heteroatoms. The third-order valence-electron chi connectivity index (χ3n) is 5.65. The van der Waals surface area contributed by atoms with Gasteiger partial charge in [0.05, 0.1) is 23.2 Å². The Morgan fingerprint density at radius 1 is 1.23 bits per heavy atom. The number of hydrogen-bond donors (Lipinski definition) is 0. The van der Waals surface area contributed by atoms with E-state index < -0.39 is 23.3 Å². The van der Waals surface area contributed by atoms with Gasteiger partial charge >= 0.3 is 11.9 Å². The van der Waals surface area contributed by atoms with Gasteiger partial charge in [0.1, 0.15) is 12.7 Å². The second kappa shape index (κ2) is 6.06. The lowest BCUT2D eigenvalue weighted by Crippen LogP contribution is -2.48. The molecule has 0 aromatic heterocycles. The minimum Gasteiger partial charge on any atom is -0.462 e. The first kappa shape index (κ1) is 17.5. The van der Waals surface area contributed by atoms with Crippen LogP contribution in [0.4, 0.5) is 0 Å². The van der Waals surface area contributed by atoms with Crippen LogP contribution in [0.5, 0.6) is 0 Å². The molecule has 1 aliphatic carbocycles. The van der Waals surface area contributed by atoms with Crippen molar-refractivity contribution >= 4 is 11.9 Å².